The van der Waals surface area contributed by atoms with Crippen molar-refractivity contribution in [3.63, 3.8) is 0 Å². The number of hydrogen-bond donors (Lipinski definition) is 2. The van der Waals surface area contributed by atoms with Gasteiger partial charge < -0.3 is 19.7 Å². The second-order valence-corrected chi connectivity index (χ2v) is 11.7. The third-order valence-corrected chi connectivity index (χ3v) is 9.16. The molecule has 0 amide bonds. The van der Waals surface area contributed by atoms with E-state index >= 15 is 0 Å². The number of carbonyl (C=O) groups excluding carboxylic acids is 1. The van der Waals surface area contributed by atoms with Crippen molar-refractivity contribution in [3.8, 4) is 11.5 Å². The highest BCUT2D eigenvalue weighted by molar-refractivity contribution is 6.03. The number of benzene rings is 3. The van der Waals surface area contributed by atoms with Crippen molar-refractivity contribution in [3.05, 3.63) is 95.2 Å². The maximum atomic E-state index is 13.6. The number of aromatic nitrogens is 1. The summed E-state index contributed by atoms with van der Waals surface area (Å²) in [5.74, 6) is 2.26. The minimum absolute atomic E-state index is 0.0605. The molecule has 0 bridgehead atoms. The summed E-state index contributed by atoms with van der Waals surface area (Å²) in [6.45, 7) is 3.84. The van der Waals surface area contributed by atoms with Crippen molar-refractivity contribution in [1.29, 1.82) is 0 Å². The molecule has 0 radical (unpaired) electrons. The quantitative estimate of drug-likeness (QED) is 0.300. The minimum atomic E-state index is 0.0605. The first-order chi connectivity index (χ1) is 20.0. The predicted octanol–water partition coefficient (Wildman–Crippen LogP) is 4.53. The lowest BCUT2D eigenvalue weighted by Crippen LogP contribution is -3.11. The summed E-state index contributed by atoms with van der Waals surface area (Å²) >= 11 is 0. The Balaban J connectivity index is 1.10. The van der Waals surface area contributed by atoms with Gasteiger partial charge in [-0.2, -0.15) is 4.57 Å². The van der Waals surface area contributed by atoms with Gasteiger partial charge in [-0.25, -0.2) is 0 Å². The summed E-state index contributed by atoms with van der Waals surface area (Å²) in [6, 6.07) is 25.3. The molecule has 1 aromatic heterocycles. The van der Waals surface area contributed by atoms with Crippen LogP contribution in [0.3, 0.4) is 0 Å². The van der Waals surface area contributed by atoms with Gasteiger partial charge in [0.1, 0.15) is 13.6 Å². The van der Waals surface area contributed by atoms with E-state index in [9.17, 15) is 4.79 Å². The first kappa shape index (κ1) is 27.3. The van der Waals surface area contributed by atoms with Gasteiger partial charge in [0.05, 0.1) is 20.2 Å². The number of anilines is 1. The van der Waals surface area contributed by atoms with Crippen molar-refractivity contribution in [2.75, 3.05) is 32.6 Å². The van der Waals surface area contributed by atoms with Crippen LogP contribution in [0.5, 0.6) is 11.5 Å². The number of hydrogen-bond acceptors (Lipinski definition) is 4. The monoisotopic (exact) mass is 551 g/mol. The average Bonchev–Trinajstić information content (AvgIpc) is 3.31. The van der Waals surface area contributed by atoms with Gasteiger partial charge in [-0.15, -0.1) is 0 Å². The van der Waals surface area contributed by atoms with E-state index in [1.807, 2.05) is 19.2 Å². The topological polar surface area (TPSA) is 55.9 Å². The van der Waals surface area contributed by atoms with Crippen LogP contribution in [0.15, 0.2) is 72.8 Å². The fraction of sp³-hybridized carbons (Fsp3) is 0.371. The molecule has 1 fully saturated rings. The van der Waals surface area contributed by atoms with Crippen LogP contribution in [0, 0.1) is 11.8 Å². The molecule has 4 aromatic rings. The zero-order valence-corrected chi connectivity index (χ0v) is 24.4. The van der Waals surface area contributed by atoms with Crippen LogP contribution in [-0.2, 0) is 26.6 Å². The molecule has 1 unspecified atom stereocenters. The van der Waals surface area contributed by atoms with Gasteiger partial charge in [0.15, 0.2) is 23.9 Å². The highest BCUT2D eigenvalue weighted by atomic mass is 16.5. The summed E-state index contributed by atoms with van der Waals surface area (Å²) in [6.07, 6.45) is 4.17. The van der Waals surface area contributed by atoms with Gasteiger partial charge in [-0.05, 0) is 67.5 Å². The molecule has 6 rings (SSSR count). The van der Waals surface area contributed by atoms with Gasteiger partial charge in [-0.1, -0.05) is 30.3 Å². The number of ether oxygens (including phenoxy) is 2. The SMILES string of the molecule is CNc1ccc2ccc(COc3cc4c(cc3OC)CC(CC3CC[NH+](Cc5ccccc5)CC3)C4=O)[n+](C)c2c1. The highest BCUT2D eigenvalue weighted by Crippen LogP contribution is 2.39. The number of pyridine rings is 1. The van der Waals surface area contributed by atoms with E-state index in [1.54, 1.807) is 12.0 Å². The maximum absolute atomic E-state index is 13.6. The van der Waals surface area contributed by atoms with Crippen LogP contribution in [-0.4, -0.2) is 33.0 Å². The molecular weight excluding hydrogens is 510 g/mol. The Morgan fingerprint density at radius 3 is 2.51 bits per heavy atom. The third kappa shape index (κ3) is 5.80. The number of nitrogens with one attached hydrogen (secondary N) is 2. The molecule has 41 heavy (non-hydrogen) atoms. The zero-order valence-electron chi connectivity index (χ0n) is 24.4. The number of Topliss-reactive ketones (excluding diaryl/α,β-unsaturated/α-hetero) is 1. The van der Waals surface area contributed by atoms with Crippen LogP contribution in [0.25, 0.3) is 10.9 Å². The van der Waals surface area contributed by atoms with Gasteiger partial charge in [0, 0.05) is 47.3 Å². The molecule has 0 spiro atoms. The predicted molar refractivity (Wildman–Crippen MR) is 162 cm³/mol. The summed E-state index contributed by atoms with van der Waals surface area (Å²) in [5.41, 5.74) is 6.54. The fourth-order valence-electron chi connectivity index (χ4n) is 6.71. The van der Waals surface area contributed by atoms with Gasteiger partial charge in [0.25, 0.3) is 0 Å². The number of quaternary nitrogens is 1. The van der Waals surface area contributed by atoms with E-state index in [1.165, 1.54) is 36.9 Å². The molecule has 1 saturated heterocycles. The molecule has 2 N–H and O–H groups in total. The normalized spacial score (nSPS) is 20.2. The third-order valence-electron chi connectivity index (χ3n) is 9.16. The van der Waals surface area contributed by atoms with E-state index < -0.39 is 0 Å². The minimum Gasteiger partial charge on any atom is -0.493 e. The molecule has 1 aliphatic carbocycles. The Bertz CT molecular complexity index is 1540. The Hall–Kier alpha value is -3.90. The van der Waals surface area contributed by atoms with Gasteiger partial charge >= 0.3 is 0 Å². The second kappa shape index (κ2) is 11.9. The van der Waals surface area contributed by atoms with Crippen LogP contribution in [0.4, 0.5) is 5.69 Å². The molecular formula is C35H41N3O3+2. The lowest BCUT2D eigenvalue weighted by Gasteiger charge is -2.30. The van der Waals surface area contributed by atoms with Gasteiger partial charge in [0.2, 0.25) is 11.2 Å². The number of fused-ring (bicyclic) bond motifs is 2. The number of carbonyl (C=O) groups is 1. The number of rotatable bonds is 9. The molecule has 3 aromatic carbocycles. The molecule has 1 atom stereocenters. The summed E-state index contributed by atoms with van der Waals surface area (Å²) < 4.78 is 14.2. The zero-order chi connectivity index (χ0) is 28.3. The molecule has 6 nitrogen and oxygen atoms in total. The number of methoxy groups -OCH3 is 1. The Morgan fingerprint density at radius 1 is 0.976 bits per heavy atom. The van der Waals surface area contributed by atoms with E-state index in [4.69, 9.17) is 9.47 Å². The number of piperidine rings is 1. The first-order valence-corrected chi connectivity index (χ1v) is 14.9. The van der Waals surface area contributed by atoms with Crippen LogP contribution in [0.1, 0.15) is 46.4 Å². The Morgan fingerprint density at radius 2 is 1.76 bits per heavy atom. The number of likely N-dealkylation sites (tertiary alicyclic amines) is 1. The Kier molecular flexibility index (Phi) is 7.93. The van der Waals surface area contributed by atoms with E-state index in [-0.39, 0.29) is 11.7 Å². The summed E-state index contributed by atoms with van der Waals surface area (Å²) in [7, 11) is 5.66. The van der Waals surface area contributed by atoms with E-state index in [0.717, 1.165) is 47.4 Å². The van der Waals surface area contributed by atoms with Crippen molar-refractivity contribution in [2.24, 2.45) is 18.9 Å². The lowest BCUT2D eigenvalue weighted by molar-refractivity contribution is -0.919. The first-order valence-electron chi connectivity index (χ1n) is 14.9. The average molecular weight is 552 g/mol. The molecule has 212 valence electrons. The van der Waals surface area contributed by atoms with Gasteiger partial charge in [-0.3, -0.25) is 4.79 Å². The second-order valence-electron chi connectivity index (χ2n) is 11.7. The van der Waals surface area contributed by atoms with Crippen LogP contribution < -0.4 is 24.3 Å². The molecule has 2 heterocycles. The fourth-order valence-corrected chi connectivity index (χ4v) is 6.71. The standard InChI is InChI=1S/C35H39N3O3/c1-36-29-11-9-26-10-12-30(37(2)32(26)20-29)23-41-34-21-31-27(19-33(34)40-3)18-28(35(31)39)17-24-13-15-38(16-14-24)22-25-7-5-4-6-8-25/h4-12,19-21,24,28H,13-18,22-23H2,1-3H3/p+2. The summed E-state index contributed by atoms with van der Waals surface area (Å²) in [5, 5.41) is 4.38. The lowest BCUT2D eigenvalue weighted by atomic mass is 9.85. The largest absolute Gasteiger partial charge is 0.493 e. The van der Waals surface area contributed by atoms with Crippen molar-refractivity contribution in [2.45, 2.75) is 38.8 Å². The smallest absolute Gasteiger partial charge is 0.219 e. The van der Waals surface area contributed by atoms with Crippen LogP contribution in [0.2, 0.25) is 0 Å². The van der Waals surface area contributed by atoms with E-state index in [0.29, 0.717) is 24.0 Å². The van der Waals surface area contributed by atoms with Crippen molar-refractivity contribution in [1.82, 2.24) is 0 Å². The number of aryl methyl sites for hydroxylation is 1. The molecule has 6 heteroatoms. The van der Waals surface area contributed by atoms with E-state index in [2.05, 4.69) is 77.6 Å². The highest BCUT2D eigenvalue weighted by Gasteiger charge is 2.35. The molecule has 0 saturated carbocycles. The van der Waals surface area contributed by atoms with Crippen molar-refractivity contribution < 1.29 is 23.7 Å². The summed E-state index contributed by atoms with van der Waals surface area (Å²) in [4.78, 5) is 15.2. The molecule has 1 aliphatic heterocycles. The number of nitrogens with zero attached hydrogens (tertiary/aromatic N) is 1. The molecule has 2 aliphatic rings. The van der Waals surface area contributed by atoms with Crippen molar-refractivity contribution >= 4 is 22.4 Å². The maximum Gasteiger partial charge on any atom is 0.219 e. The number of ketones is 1. The Labute approximate surface area is 242 Å². The van der Waals surface area contributed by atoms with Crippen LogP contribution >= 0.6 is 0 Å².